The lowest BCUT2D eigenvalue weighted by Crippen LogP contribution is -2.32. The molecule has 24 heavy (non-hydrogen) atoms. The number of benzene rings is 2. The molecule has 2 rings (SSSR count). The Morgan fingerprint density at radius 2 is 1.92 bits per heavy atom. The molecule has 0 aliphatic rings. The molecule has 2 aromatic carbocycles. The summed E-state index contributed by atoms with van der Waals surface area (Å²) in [6.45, 7) is 1.01. The summed E-state index contributed by atoms with van der Waals surface area (Å²) in [5.74, 6) is -0.950. The van der Waals surface area contributed by atoms with E-state index < -0.39 is 17.7 Å². The zero-order valence-corrected chi connectivity index (χ0v) is 14.3. The normalized spacial score (nSPS) is 12.2. The molecule has 0 bridgehead atoms. The SMILES string of the molecule is Oc1ccc(OCC(O)CNCCc2ccc(Cl)c(Cl)c2)cc1F. The summed E-state index contributed by atoms with van der Waals surface area (Å²) in [5.41, 5.74) is 1.04. The Labute approximate surface area is 149 Å². The molecule has 1 unspecified atom stereocenters. The van der Waals surface area contributed by atoms with E-state index in [0.29, 0.717) is 23.1 Å². The van der Waals surface area contributed by atoms with Gasteiger partial charge in [0.25, 0.3) is 0 Å². The Kier molecular flexibility index (Phi) is 7.12. The Balaban J connectivity index is 1.66. The van der Waals surface area contributed by atoms with Crippen molar-refractivity contribution in [2.75, 3.05) is 19.7 Å². The van der Waals surface area contributed by atoms with Crippen LogP contribution in [0.25, 0.3) is 0 Å². The lowest BCUT2D eigenvalue weighted by molar-refractivity contribution is 0.106. The van der Waals surface area contributed by atoms with E-state index in [4.69, 9.17) is 33.0 Å². The van der Waals surface area contributed by atoms with E-state index in [-0.39, 0.29) is 12.4 Å². The van der Waals surface area contributed by atoms with Crippen LogP contribution in [0.15, 0.2) is 36.4 Å². The standard InChI is InChI=1S/C17H18Cl2FNO3/c18-14-3-1-11(7-15(14)19)5-6-21-9-12(22)10-24-13-2-4-17(23)16(20)8-13/h1-4,7-8,12,21-23H,5-6,9-10H2. The number of hydrogen-bond donors (Lipinski definition) is 3. The van der Waals surface area contributed by atoms with Crippen molar-refractivity contribution >= 4 is 23.2 Å². The molecule has 2 aromatic rings. The molecule has 3 N–H and O–H groups in total. The van der Waals surface area contributed by atoms with Crippen molar-refractivity contribution in [1.29, 1.82) is 0 Å². The molecule has 0 aliphatic heterocycles. The van der Waals surface area contributed by atoms with Crippen molar-refractivity contribution in [3.05, 3.63) is 57.8 Å². The van der Waals surface area contributed by atoms with Gasteiger partial charge in [-0.05, 0) is 42.8 Å². The second-order valence-corrected chi connectivity index (χ2v) is 6.10. The third-order valence-corrected chi connectivity index (χ3v) is 4.05. The molecule has 4 nitrogen and oxygen atoms in total. The van der Waals surface area contributed by atoms with Gasteiger partial charge in [-0.2, -0.15) is 0 Å². The van der Waals surface area contributed by atoms with Crippen molar-refractivity contribution in [2.24, 2.45) is 0 Å². The minimum absolute atomic E-state index is 0.0178. The number of aromatic hydroxyl groups is 1. The summed E-state index contributed by atoms with van der Waals surface area (Å²) < 4.78 is 18.4. The summed E-state index contributed by atoms with van der Waals surface area (Å²) in [7, 11) is 0. The number of aliphatic hydroxyl groups is 1. The minimum Gasteiger partial charge on any atom is -0.505 e. The zero-order valence-electron chi connectivity index (χ0n) is 12.8. The summed E-state index contributed by atoms with van der Waals surface area (Å²) in [6.07, 6.45) is 0.00357. The molecule has 130 valence electrons. The van der Waals surface area contributed by atoms with Gasteiger partial charge in [-0.25, -0.2) is 4.39 Å². The van der Waals surface area contributed by atoms with E-state index in [1.807, 2.05) is 12.1 Å². The van der Waals surface area contributed by atoms with Gasteiger partial charge >= 0.3 is 0 Å². The van der Waals surface area contributed by atoms with Gasteiger partial charge in [0.1, 0.15) is 18.5 Å². The van der Waals surface area contributed by atoms with E-state index in [1.54, 1.807) is 6.07 Å². The van der Waals surface area contributed by atoms with Crippen molar-refractivity contribution in [2.45, 2.75) is 12.5 Å². The van der Waals surface area contributed by atoms with Crippen molar-refractivity contribution in [1.82, 2.24) is 5.32 Å². The maximum Gasteiger partial charge on any atom is 0.168 e. The smallest absolute Gasteiger partial charge is 0.168 e. The summed E-state index contributed by atoms with van der Waals surface area (Å²) in [5, 5.41) is 23.1. The first-order valence-electron chi connectivity index (χ1n) is 7.39. The monoisotopic (exact) mass is 373 g/mol. The number of halogens is 3. The maximum atomic E-state index is 13.1. The van der Waals surface area contributed by atoms with E-state index in [2.05, 4.69) is 5.32 Å². The van der Waals surface area contributed by atoms with Crippen LogP contribution in [0.3, 0.4) is 0 Å². The molecule has 0 heterocycles. The molecule has 0 amide bonds. The summed E-state index contributed by atoms with van der Waals surface area (Å²) in [6, 6.07) is 9.16. The second-order valence-electron chi connectivity index (χ2n) is 5.28. The predicted molar refractivity (Wildman–Crippen MR) is 92.6 cm³/mol. The fourth-order valence-corrected chi connectivity index (χ4v) is 2.35. The number of hydrogen-bond acceptors (Lipinski definition) is 4. The fraction of sp³-hybridized carbons (Fsp3) is 0.294. The van der Waals surface area contributed by atoms with Gasteiger partial charge in [0.15, 0.2) is 11.6 Å². The van der Waals surface area contributed by atoms with Crippen LogP contribution in [0.5, 0.6) is 11.5 Å². The van der Waals surface area contributed by atoms with Crippen LogP contribution in [-0.4, -0.2) is 36.0 Å². The lowest BCUT2D eigenvalue weighted by atomic mass is 10.1. The molecule has 1 atom stereocenters. The van der Waals surface area contributed by atoms with Crippen LogP contribution >= 0.6 is 23.2 Å². The van der Waals surface area contributed by atoms with E-state index >= 15 is 0 Å². The Hall–Kier alpha value is -1.53. The average Bonchev–Trinajstić information content (AvgIpc) is 2.56. The largest absolute Gasteiger partial charge is 0.505 e. The van der Waals surface area contributed by atoms with Gasteiger partial charge in [-0.1, -0.05) is 29.3 Å². The zero-order chi connectivity index (χ0) is 17.5. The molecule has 0 spiro atoms. The van der Waals surface area contributed by atoms with Gasteiger partial charge in [0.05, 0.1) is 10.0 Å². The highest BCUT2D eigenvalue weighted by Crippen LogP contribution is 2.23. The minimum atomic E-state index is -0.762. The van der Waals surface area contributed by atoms with E-state index in [0.717, 1.165) is 18.1 Å². The molecule has 0 radical (unpaired) electrons. The molecule has 7 heteroatoms. The Morgan fingerprint density at radius 3 is 2.62 bits per heavy atom. The first-order valence-corrected chi connectivity index (χ1v) is 8.15. The number of phenols is 1. The molecular formula is C17H18Cl2FNO3. The van der Waals surface area contributed by atoms with Crippen LogP contribution in [-0.2, 0) is 6.42 Å². The number of aliphatic hydroxyl groups excluding tert-OH is 1. The third kappa shape index (κ3) is 5.83. The van der Waals surface area contributed by atoms with E-state index in [9.17, 15) is 9.50 Å². The highest BCUT2D eigenvalue weighted by Gasteiger charge is 2.07. The van der Waals surface area contributed by atoms with E-state index in [1.165, 1.54) is 12.1 Å². The first-order chi connectivity index (χ1) is 11.5. The Bertz CT molecular complexity index is 685. The van der Waals surface area contributed by atoms with Crippen molar-refractivity contribution < 1.29 is 19.3 Å². The molecular weight excluding hydrogens is 356 g/mol. The van der Waals surface area contributed by atoms with Crippen molar-refractivity contribution in [3.8, 4) is 11.5 Å². The van der Waals surface area contributed by atoms with Gasteiger partial charge < -0.3 is 20.3 Å². The first kappa shape index (κ1) is 18.8. The highest BCUT2D eigenvalue weighted by molar-refractivity contribution is 6.42. The molecule has 0 aliphatic carbocycles. The quantitative estimate of drug-likeness (QED) is 0.620. The van der Waals surface area contributed by atoms with Gasteiger partial charge in [0.2, 0.25) is 0 Å². The molecule has 0 aromatic heterocycles. The van der Waals surface area contributed by atoms with Crippen LogP contribution in [0.4, 0.5) is 4.39 Å². The van der Waals surface area contributed by atoms with Gasteiger partial charge in [0, 0.05) is 12.6 Å². The number of nitrogens with one attached hydrogen (secondary N) is 1. The van der Waals surface area contributed by atoms with Crippen LogP contribution in [0.2, 0.25) is 10.0 Å². The van der Waals surface area contributed by atoms with Gasteiger partial charge in [-0.3, -0.25) is 0 Å². The van der Waals surface area contributed by atoms with Gasteiger partial charge in [-0.15, -0.1) is 0 Å². The van der Waals surface area contributed by atoms with Crippen LogP contribution in [0, 0.1) is 5.82 Å². The average molecular weight is 374 g/mol. The lowest BCUT2D eigenvalue weighted by Gasteiger charge is -2.13. The number of phenolic OH excluding ortho intramolecular Hbond substituents is 1. The predicted octanol–water partition coefficient (Wildman–Crippen LogP) is 3.41. The molecule has 0 saturated carbocycles. The summed E-state index contributed by atoms with van der Waals surface area (Å²) >= 11 is 11.8. The van der Waals surface area contributed by atoms with Crippen LogP contribution in [0.1, 0.15) is 5.56 Å². The number of rotatable bonds is 8. The molecule has 0 fully saturated rings. The third-order valence-electron chi connectivity index (χ3n) is 3.32. The Morgan fingerprint density at radius 1 is 1.12 bits per heavy atom. The fourth-order valence-electron chi connectivity index (χ4n) is 2.03. The van der Waals surface area contributed by atoms with Crippen LogP contribution < -0.4 is 10.1 Å². The second kappa shape index (κ2) is 9.08. The van der Waals surface area contributed by atoms with Crippen molar-refractivity contribution in [3.63, 3.8) is 0 Å². The maximum absolute atomic E-state index is 13.1. The number of ether oxygens (including phenoxy) is 1. The highest BCUT2D eigenvalue weighted by atomic mass is 35.5. The summed E-state index contributed by atoms with van der Waals surface area (Å²) in [4.78, 5) is 0. The molecule has 0 saturated heterocycles. The topological polar surface area (TPSA) is 61.7 Å².